The van der Waals surface area contributed by atoms with E-state index in [9.17, 15) is 12.8 Å². The number of nitrogens with zero attached hydrogens (tertiary/aromatic N) is 1. The Kier molecular flexibility index (Phi) is 5.50. The van der Waals surface area contributed by atoms with E-state index >= 15 is 0 Å². The van der Waals surface area contributed by atoms with Crippen molar-refractivity contribution in [3.8, 4) is 10.6 Å². The zero-order valence-electron chi connectivity index (χ0n) is 14.5. The number of nitrogens with one attached hydrogen (secondary N) is 1. The molecule has 0 amide bonds. The topological polar surface area (TPSA) is 59.1 Å². The van der Waals surface area contributed by atoms with Gasteiger partial charge in [-0.05, 0) is 38.5 Å². The maximum absolute atomic E-state index is 13.7. The molecule has 2 aromatic carbocycles. The van der Waals surface area contributed by atoms with Crippen LogP contribution in [0.2, 0.25) is 0 Å². The molecule has 0 aliphatic rings. The minimum atomic E-state index is -3.87. The summed E-state index contributed by atoms with van der Waals surface area (Å²) in [6, 6.07) is 13.5. The van der Waals surface area contributed by atoms with Gasteiger partial charge in [0.15, 0.2) is 0 Å². The summed E-state index contributed by atoms with van der Waals surface area (Å²) in [5, 5.41) is 0.915. The maximum Gasteiger partial charge on any atom is 0.243 e. The van der Waals surface area contributed by atoms with Crippen LogP contribution in [-0.2, 0) is 16.4 Å². The summed E-state index contributed by atoms with van der Waals surface area (Å²) >= 11 is 1.55. The van der Waals surface area contributed by atoms with Crippen LogP contribution in [0.25, 0.3) is 10.6 Å². The first-order chi connectivity index (χ1) is 12.4. The Morgan fingerprint density at radius 3 is 2.62 bits per heavy atom. The highest BCUT2D eigenvalue weighted by molar-refractivity contribution is 7.89. The first-order valence-corrected chi connectivity index (χ1v) is 10.4. The van der Waals surface area contributed by atoms with E-state index in [1.54, 1.807) is 11.3 Å². The maximum atomic E-state index is 13.7. The predicted molar refractivity (Wildman–Crippen MR) is 102 cm³/mol. The molecule has 0 aliphatic carbocycles. The van der Waals surface area contributed by atoms with Crippen LogP contribution in [-0.4, -0.2) is 19.9 Å². The molecule has 136 valence electrons. The van der Waals surface area contributed by atoms with Gasteiger partial charge in [-0.3, -0.25) is 0 Å². The molecule has 4 nitrogen and oxygen atoms in total. The minimum Gasteiger partial charge on any atom is -0.241 e. The fraction of sp³-hybridized carbons (Fsp3) is 0.211. The lowest BCUT2D eigenvalue weighted by Gasteiger charge is -2.07. The third-order valence-electron chi connectivity index (χ3n) is 3.93. The molecule has 0 fully saturated rings. The van der Waals surface area contributed by atoms with E-state index < -0.39 is 15.8 Å². The number of hydrogen-bond acceptors (Lipinski definition) is 4. The van der Waals surface area contributed by atoms with E-state index in [-0.39, 0.29) is 11.4 Å². The fourth-order valence-electron chi connectivity index (χ4n) is 2.60. The first-order valence-electron chi connectivity index (χ1n) is 8.14. The molecule has 1 aromatic heterocycles. The van der Waals surface area contributed by atoms with Crippen molar-refractivity contribution in [2.45, 2.75) is 25.2 Å². The van der Waals surface area contributed by atoms with Crippen LogP contribution in [0.15, 0.2) is 53.4 Å². The fourth-order valence-corrected chi connectivity index (χ4v) is 4.77. The van der Waals surface area contributed by atoms with Crippen LogP contribution in [0, 0.1) is 19.7 Å². The molecule has 0 unspecified atom stereocenters. The average Bonchev–Trinajstić information content (AvgIpc) is 2.96. The monoisotopic (exact) mass is 390 g/mol. The number of aromatic nitrogens is 1. The van der Waals surface area contributed by atoms with E-state index in [0.29, 0.717) is 6.42 Å². The van der Waals surface area contributed by atoms with Gasteiger partial charge in [0, 0.05) is 17.0 Å². The number of thiazole rings is 1. The Balaban J connectivity index is 1.70. The Morgan fingerprint density at radius 2 is 1.88 bits per heavy atom. The second-order valence-corrected chi connectivity index (χ2v) is 8.79. The zero-order chi connectivity index (χ0) is 18.7. The molecule has 0 saturated heterocycles. The van der Waals surface area contributed by atoms with Crippen LogP contribution in [0.4, 0.5) is 4.39 Å². The molecule has 0 atom stereocenters. The molecule has 26 heavy (non-hydrogen) atoms. The molecule has 0 saturated carbocycles. The number of sulfonamides is 1. The van der Waals surface area contributed by atoms with Crippen molar-refractivity contribution in [1.82, 2.24) is 9.71 Å². The molecule has 3 aromatic rings. The van der Waals surface area contributed by atoms with Gasteiger partial charge < -0.3 is 0 Å². The Hall–Kier alpha value is -2.09. The van der Waals surface area contributed by atoms with Crippen molar-refractivity contribution in [1.29, 1.82) is 0 Å². The van der Waals surface area contributed by atoms with Crippen LogP contribution in [0.1, 0.15) is 16.1 Å². The Bertz CT molecular complexity index is 1030. The smallest absolute Gasteiger partial charge is 0.241 e. The second kappa shape index (κ2) is 7.65. The molecule has 3 rings (SSSR count). The summed E-state index contributed by atoms with van der Waals surface area (Å²) in [5.41, 5.74) is 3.10. The van der Waals surface area contributed by atoms with Crippen molar-refractivity contribution >= 4 is 21.4 Å². The van der Waals surface area contributed by atoms with Crippen molar-refractivity contribution in [3.63, 3.8) is 0 Å². The number of halogens is 1. The van der Waals surface area contributed by atoms with Crippen LogP contribution in [0.5, 0.6) is 0 Å². The molecule has 1 heterocycles. The van der Waals surface area contributed by atoms with Crippen LogP contribution in [0.3, 0.4) is 0 Å². The number of aryl methyl sites for hydroxylation is 2. The van der Waals surface area contributed by atoms with Gasteiger partial charge in [0.2, 0.25) is 10.0 Å². The standard InChI is InChI=1S/C19H19FN2O2S2/c1-13-6-5-7-15(12-13)19-22-14(2)17(25-19)10-11-21-26(23,24)18-9-4-3-8-16(18)20/h3-9,12,21H,10-11H2,1-2H3. The zero-order valence-corrected chi connectivity index (χ0v) is 16.1. The summed E-state index contributed by atoms with van der Waals surface area (Å²) in [7, 11) is -3.87. The third kappa shape index (κ3) is 4.17. The second-order valence-electron chi connectivity index (χ2n) is 5.98. The van der Waals surface area contributed by atoms with E-state index in [2.05, 4.69) is 15.8 Å². The highest BCUT2D eigenvalue weighted by Crippen LogP contribution is 2.28. The van der Waals surface area contributed by atoms with E-state index in [1.807, 2.05) is 32.0 Å². The number of hydrogen-bond donors (Lipinski definition) is 1. The first kappa shape index (κ1) is 18.7. The van der Waals surface area contributed by atoms with Gasteiger partial charge in [-0.2, -0.15) is 0 Å². The van der Waals surface area contributed by atoms with Crippen molar-refractivity contribution in [3.05, 3.63) is 70.5 Å². The summed E-state index contributed by atoms with van der Waals surface area (Å²) in [6.45, 7) is 4.13. The third-order valence-corrected chi connectivity index (χ3v) is 6.69. The van der Waals surface area contributed by atoms with Gasteiger partial charge in [0.1, 0.15) is 15.7 Å². The van der Waals surface area contributed by atoms with E-state index in [4.69, 9.17) is 0 Å². The molecule has 0 spiro atoms. The lowest BCUT2D eigenvalue weighted by molar-refractivity contribution is 0.557. The summed E-state index contributed by atoms with van der Waals surface area (Å²) in [5.74, 6) is -0.754. The highest BCUT2D eigenvalue weighted by atomic mass is 32.2. The van der Waals surface area contributed by atoms with Crippen LogP contribution >= 0.6 is 11.3 Å². The quantitative estimate of drug-likeness (QED) is 0.690. The average molecular weight is 391 g/mol. The molecule has 0 aliphatic heterocycles. The van der Waals surface area contributed by atoms with E-state index in [0.717, 1.165) is 32.8 Å². The Labute approximate surface area is 156 Å². The summed E-state index contributed by atoms with van der Waals surface area (Å²) in [4.78, 5) is 5.27. The minimum absolute atomic E-state index is 0.187. The van der Waals surface area contributed by atoms with E-state index in [1.165, 1.54) is 18.2 Å². The number of benzene rings is 2. The Morgan fingerprint density at radius 1 is 1.12 bits per heavy atom. The lowest BCUT2D eigenvalue weighted by atomic mass is 10.1. The predicted octanol–water partition coefficient (Wildman–Crippen LogP) is 4.09. The molecular formula is C19H19FN2O2S2. The molecular weight excluding hydrogens is 371 g/mol. The van der Waals surface area contributed by atoms with Gasteiger partial charge in [0.25, 0.3) is 0 Å². The molecule has 1 N–H and O–H groups in total. The van der Waals surface area contributed by atoms with Gasteiger partial charge >= 0.3 is 0 Å². The molecule has 0 radical (unpaired) electrons. The number of rotatable bonds is 6. The van der Waals surface area contributed by atoms with Crippen molar-refractivity contribution < 1.29 is 12.8 Å². The van der Waals surface area contributed by atoms with Gasteiger partial charge in [-0.15, -0.1) is 11.3 Å². The largest absolute Gasteiger partial charge is 0.243 e. The summed E-state index contributed by atoms with van der Waals surface area (Å²) in [6.07, 6.45) is 0.503. The molecule has 0 bridgehead atoms. The van der Waals surface area contributed by atoms with Gasteiger partial charge in [-0.25, -0.2) is 22.5 Å². The van der Waals surface area contributed by atoms with Crippen molar-refractivity contribution in [2.24, 2.45) is 0 Å². The van der Waals surface area contributed by atoms with Gasteiger partial charge in [-0.1, -0.05) is 35.9 Å². The lowest BCUT2D eigenvalue weighted by Crippen LogP contribution is -2.26. The molecule has 7 heteroatoms. The SMILES string of the molecule is Cc1cccc(-c2nc(C)c(CCNS(=O)(=O)c3ccccc3F)s2)c1. The van der Waals surface area contributed by atoms with Gasteiger partial charge in [0.05, 0.1) is 5.69 Å². The normalized spacial score (nSPS) is 11.7. The van der Waals surface area contributed by atoms with Crippen molar-refractivity contribution in [2.75, 3.05) is 6.54 Å². The highest BCUT2D eigenvalue weighted by Gasteiger charge is 2.18. The van der Waals surface area contributed by atoms with Crippen LogP contribution < -0.4 is 4.72 Å². The summed E-state index contributed by atoms with van der Waals surface area (Å²) < 4.78 is 40.6.